The molecule has 2 atom stereocenters. The molecule has 284 valence electrons. The number of aliphatic hydroxyl groups is 2. The van der Waals surface area contributed by atoms with Crippen molar-refractivity contribution in [3.8, 4) is 0 Å². The molecule has 2 N–H and O–H groups in total. The summed E-state index contributed by atoms with van der Waals surface area (Å²) in [6.07, 6.45) is 44.9. The number of hydrogen-bond acceptors (Lipinski definition) is 2. The first-order valence-corrected chi connectivity index (χ1v) is 19.1. The van der Waals surface area contributed by atoms with Crippen molar-refractivity contribution in [3.05, 3.63) is 166 Å². The Morgan fingerprint density at radius 1 is 0.712 bits per heavy atom. The molecule has 0 amide bonds. The molecule has 0 aromatic carbocycles. The van der Waals surface area contributed by atoms with Crippen LogP contribution < -0.4 is 0 Å². The maximum Gasteiger partial charge on any atom is 0.0657 e. The summed E-state index contributed by atoms with van der Waals surface area (Å²) >= 11 is 0. The molecule has 0 spiro atoms. The van der Waals surface area contributed by atoms with Gasteiger partial charge >= 0.3 is 0 Å². The third-order valence-electron chi connectivity index (χ3n) is 9.82. The van der Waals surface area contributed by atoms with Crippen molar-refractivity contribution >= 4 is 0 Å². The quantitative estimate of drug-likeness (QED) is 0.110. The van der Waals surface area contributed by atoms with Crippen LogP contribution in [0.2, 0.25) is 0 Å². The molecular weight excluding hydrogens is 633 g/mol. The standard InChI is InChI=1S/C50H72O2/c1-38(2)27-32-46-35-31-45(9)48(49(46,10)11)36-30-43(7)26-17-22-40(4)20-15-14-19-39(3)21-16-23-41(5)24-18-25-42(6)28-33-47(50(12,13)52)34-29-44(8)37-51/h14-30,33,36,46-47,51-52H,31-32,34-35,37H2,1-13H3/b15-14+,21-16+,22-17+,24-18+,33-28+,36-30+,39-19+,40-20+,41-23+,42-25+,43-26+,44-29-/t46-,47+/m0/s1. The molecule has 2 heteroatoms. The molecule has 0 bridgehead atoms. The third-order valence-corrected chi connectivity index (χ3v) is 9.82. The van der Waals surface area contributed by atoms with E-state index in [1.54, 1.807) is 0 Å². The van der Waals surface area contributed by atoms with Crippen molar-refractivity contribution in [1.29, 1.82) is 0 Å². The Kier molecular flexibility index (Phi) is 21.2. The first kappa shape index (κ1) is 46.3. The Labute approximate surface area is 320 Å². The third kappa shape index (κ3) is 19.2. The zero-order valence-electron chi connectivity index (χ0n) is 35.1. The van der Waals surface area contributed by atoms with Crippen molar-refractivity contribution < 1.29 is 10.2 Å². The molecule has 0 saturated heterocycles. The Morgan fingerprint density at radius 3 is 1.63 bits per heavy atom. The van der Waals surface area contributed by atoms with Crippen LogP contribution in [-0.4, -0.2) is 22.4 Å². The van der Waals surface area contributed by atoms with Crippen molar-refractivity contribution in [2.45, 2.75) is 121 Å². The SMILES string of the molecule is CC(C)=CC[C@H]1CCC(C)=C(/C=C/C(C)=C/C=C/C(C)=C/C=C/C=C(C)/C=C/C=C(C)/C=C/C=C(C)/C=C/[C@H](C/C=C(/C)CO)C(C)(C)O)C1(C)C. The van der Waals surface area contributed by atoms with E-state index in [1.807, 2.05) is 26.8 Å². The van der Waals surface area contributed by atoms with E-state index in [4.69, 9.17) is 0 Å². The van der Waals surface area contributed by atoms with E-state index in [-0.39, 0.29) is 17.9 Å². The molecular formula is C50H72O2. The van der Waals surface area contributed by atoms with Gasteiger partial charge in [-0.3, -0.25) is 0 Å². The molecule has 0 saturated carbocycles. The van der Waals surface area contributed by atoms with E-state index in [1.165, 1.54) is 46.3 Å². The highest BCUT2D eigenvalue weighted by Gasteiger charge is 2.35. The predicted molar refractivity (Wildman–Crippen MR) is 232 cm³/mol. The lowest BCUT2D eigenvalue weighted by atomic mass is 9.64. The molecule has 0 unspecified atom stereocenters. The first-order valence-electron chi connectivity index (χ1n) is 19.1. The van der Waals surface area contributed by atoms with Gasteiger partial charge < -0.3 is 10.2 Å². The number of aliphatic hydroxyl groups excluding tert-OH is 1. The molecule has 0 aromatic heterocycles. The smallest absolute Gasteiger partial charge is 0.0657 e. The van der Waals surface area contributed by atoms with Crippen LogP contribution in [0.4, 0.5) is 0 Å². The van der Waals surface area contributed by atoms with Gasteiger partial charge in [0.25, 0.3) is 0 Å². The van der Waals surface area contributed by atoms with E-state index < -0.39 is 5.60 Å². The normalized spacial score (nSPS) is 19.9. The van der Waals surface area contributed by atoms with E-state index in [9.17, 15) is 10.2 Å². The van der Waals surface area contributed by atoms with Gasteiger partial charge in [0.1, 0.15) is 0 Å². The minimum atomic E-state index is -0.838. The van der Waals surface area contributed by atoms with Crippen LogP contribution >= 0.6 is 0 Å². The van der Waals surface area contributed by atoms with Gasteiger partial charge in [0.05, 0.1) is 12.2 Å². The van der Waals surface area contributed by atoms with E-state index in [0.29, 0.717) is 12.3 Å². The van der Waals surface area contributed by atoms with Crippen LogP contribution in [0.1, 0.15) is 116 Å². The van der Waals surface area contributed by atoms with Crippen LogP contribution in [0.15, 0.2) is 166 Å². The van der Waals surface area contributed by atoms with Crippen LogP contribution in [-0.2, 0) is 0 Å². The van der Waals surface area contributed by atoms with E-state index in [2.05, 4.69) is 179 Å². The summed E-state index contributed by atoms with van der Waals surface area (Å²) in [5.74, 6) is 0.652. The Morgan fingerprint density at radius 2 is 1.17 bits per heavy atom. The summed E-state index contributed by atoms with van der Waals surface area (Å²) in [5.41, 5.74) is 10.6. The second-order valence-corrected chi connectivity index (χ2v) is 16.1. The summed E-state index contributed by atoms with van der Waals surface area (Å²) in [7, 11) is 0. The molecule has 1 aliphatic rings. The molecule has 1 rings (SSSR count). The molecule has 2 nitrogen and oxygen atoms in total. The highest BCUT2D eigenvalue weighted by atomic mass is 16.3. The van der Waals surface area contributed by atoms with Crippen LogP contribution in [0, 0.1) is 17.3 Å². The van der Waals surface area contributed by atoms with Crippen LogP contribution in [0.3, 0.4) is 0 Å². The van der Waals surface area contributed by atoms with Gasteiger partial charge in [-0.2, -0.15) is 0 Å². The number of allylic oxidation sites excluding steroid dienone is 26. The maximum absolute atomic E-state index is 10.5. The fraction of sp³-hybridized carbons (Fsp3) is 0.440. The Balaban J connectivity index is 2.73. The zero-order chi connectivity index (χ0) is 39.3. The lowest BCUT2D eigenvalue weighted by Crippen LogP contribution is -2.30. The molecule has 0 aromatic rings. The Hall–Kier alpha value is -3.72. The molecule has 0 heterocycles. The second kappa shape index (κ2) is 23.8. The van der Waals surface area contributed by atoms with Gasteiger partial charge in [-0.1, -0.05) is 174 Å². The largest absolute Gasteiger partial charge is 0.392 e. The molecule has 0 fully saturated rings. The fourth-order valence-corrected chi connectivity index (χ4v) is 6.03. The minimum absolute atomic E-state index is 0.0330. The van der Waals surface area contributed by atoms with Gasteiger partial charge in [0.15, 0.2) is 0 Å². The second-order valence-electron chi connectivity index (χ2n) is 16.1. The van der Waals surface area contributed by atoms with Crippen molar-refractivity contribution in [2.75, 3.05) is 6.61 Å². The molecule has 0 radical (unpaired) electrons. The van der Waals surface area contributed by atoms with Gasteiger partial charge in [-0.05, 0) is 119 Å². The van der Waals surface area contributed by atoms with Crippen molar-refractivity contribution in [1.82, 2.24) is 0 Å². The predicted octanol–water partition coefficient (Wildman–Crippen LogP) is 13.9. The monoisotopic (exact) mass is 705 g/mol. The topological polar surface area (TPSA) is 40.5 Å². The fourth-order valence-electron chi connectivity index (χ4n) is 6.03. The highest BCUT2D eigenvalue weighted by molar-refractivity contribution is 5.38. The average molecular weight is 705 g/mol. The maximum atomic E-state index is 10.5. The number of hydrogen-bond donors (Lipinski definition) is 2. The number of rotatable bonds is 18. The summed E-state index contributed by atoms with van der Waals surface area (Å²) in [5, 5.41) is 19.8. The highest BCUT2D eigenvalue weighted by Crippen LogP contribution is 2.47. The average Bonchev–Trinajstić information content (AvgIpc) is 3.05. The first-order chi connectivity index (χ1) is 24.4. The van der Waals surface area contributed by atoms with E-state index in [0.717, 1.165) is 23.1 Å². The minimum Gasteiger partial charge on any atom is -0.392 e. The molecule has 0 aliphatic heterocycles. The Bertz CT molecular complexity index is 1580. The summed E-state index contributed by atoms with van der Waals surface area (Å²) in [6.45, 7) is 27.7. The lowest BCUT2D eigenvalue weighted by molar-refractivity contribution is 0.0380. The van der Waals surface area contributed by atoms with Crippen LogP contribution in [0.5, 0.6) is 0 Å². The summed E-state index contributed by atoms with van der Waals surface area (Å²) in [4.78, 5) is 0. The van der Waals surface area contributed by atoms with Crippen LogP contribution in [0.25, 0.3) is 0 Å². The zero-order valence-corrected chi connectivity index (χ0v) is 35.1. The van der Waals surface area contributed by atoms with Crippen molar-refractivity contribution in [2.24, 2.45) is 17.3 Å². The lowest BCUT2D eigenvalue weighted by Gasteiger charge is -2.41. The molecule has 1 aliphatic carbocycles. The van der Waals surface area contributed by atoms with Gasteiger partial charge in [0.2, 0.25) is 0 Å². The van der Waals surface area contributed by atoms with Gasteiger partial charge in [-0.25, -0.2) is 0 Å². The summed E-state index contributed by atoms with van der Waals surface area (Å²) in [6, 6.07) is 0. The van der Waals surface area contributed by atoms with Gasteiger partial charge in [0, 0.05) is 5.92 Å². The summed E-state index contributed by atoms with van der Waals surface area (Å²) < 4.78 is 0. The van der Waals surface area contributed by atoms with E-state index >= 15 is 0 Å². The molecule has 52 heavy (non-hydrogen) atoms. The van der Waals surface area contributed by atoms with Crippen molar-refractivity contribution in [3.63, 3.8) is 0 Å². The van der Waals surface area contributed by atoms with Gasteiger partial charge in [-0.15, -0.1) is 0 Å².